The molecule has 0 aromatic rings. The quantitative estimate of drug-likeness (QED) is 0.744. The highest BCUT2D eigenvalue weighted by atomic mass is 16.5. The molecule has 2 unspecified atom stereocenters. The highest BCUT2D eigenvalue weighted by Gasteiger charge is 2.40. The number of carbonyl (C=O) groups is 1. The van der Waals surface area contributed by atoms with Crippen molar-refractivity contribution < 1.29 is 19.7 Å². The lowest BCUT2D eigenvalue weighted by molar-refractivity contribution is -0.143. The molecule has 1 saturated heterocycles. The fraction of sp³-hybridized carbons (Fsp3) is 0.917. The molecule has 0 radical (unpaired) electrons. The molecular weight excluding hydrogens is 222 g/mol. The SMILES string of the molecule is CN(CC1(O)CCCC1)C1COCC1C(=O)O. The van der Waals surface area contributed by atoms with Crippen molar-refractivity contribution in [2.75, 3.05) is 26.8 Å². The predicted molar refractivity (Wildman–Crippen MR) is 61.8 cm³/mol. The number of aliphatic carboxylic acids is 1. The standard InChI is InChI=1S/C12H21NO4/c1-13(8-12(16)4-2-3-5-12)10-7-17-6-9(10)11(14)15/h9-10,16H,2-8H2,1H3,(H,14,15). The van der Waals surface area contributed by atoms with E-state index in [4.69, 9.17) is 9.84 Å². The average Bonchev–Trinajstić information content (AvgIpc) is 2.85. The van der Waals surface area contributed by atoms with Gasteiger partial charge in [-0.15, -0.1) is 0 Å². The van der Waals surface area contributed by atoms with Crippen LogP contribution in [-0.4, -0.2) is 59.5 Å². The summed E-state index contributed by atoms with van der Waals surface area (Å²) in [7, 11) is 1.88. The minimum absolute atomic E-state index is 0.114. The molecule has 2 rings (SSSR count). The molecule has 0 aromatic carbocycles. The van der Waals surface area contributed by atoms with Crippen LogP contribution in [0.5, 0.6) is 0 Å². The molecule has 0 spiro atoms. The van der Waals surface area contributed by atoms with Crippen molar-refractivity contribution in [3.8, 4) is 0 Å². The molecule has 2 aliphatic rings. The third kappa shape index (κ3) is 2.78. The van der Waals surface area contributed by atoms with Crippen LogP contribution >= 0.6 is 0 Å². The molecule has 1 heterocycles. The predicted octanol–water partition coefficient (Wildman–Crippen LogP) is 0.323. The summed E-state index contributed by atoms with van der Waals surface area (Å²) in [4.78, 5) is 13.0. The summed E-state index contributed by atoms with van der Waals surface area (Å²) in [6.07, 6.45) is 3.77. The van der Waals surface area contributed by atoms with Crippen LogP contribution in [0.15, 0.2) is 0 Å². The van der Waals surface area contributed by atoms with E-state index >= 15 is 0 Å². The van der Waals surface area contributed by atoms with Crippen molar-refractivity contribution in [1.29, 1.82) is 0 Å². The van der Waals surface area contributed by atoms with E-state index in [9.17, 15) is 9.90 Å². The number of likely N-dealkylation sites (N-methyl/N-ethyl adjacent to an activating group) is 1. The summed E-state index contributed by atoms with van der Waals surface area (Å²) in [6.45, 7) is 1.27. The van der Waals surface area contributed by atoms with Gasteiger partial charge in [0, 0.05) is 12.6 Å². The zero-order valence-corrected chi connectivity index (χ0v) is 10.3. The molecule has 98 valence electrons. The van der Waals surface area contributed by atoms with E-state index in [1.165, 1.54) is 0 Å². The first-order valence-electron chi connectivity index (χ1n) is 6.25. The average molecular weight is 243 g/mol. The van der Waals surface area contributed by atoms with Gasteiger partial charge in [0.05, 0.1) is 24.7 Å². The Labute approximate surface area is 101 Å². The first kappa shape index (κ1) is 12.8. The second kappa shape index (κ2) is 4.92. The lowest BCUT2D eigenvalue weighted by atomic mass is 9.98. The van der Waals surface area contributed by atoms with E-state index in [2.05, 4.69) is 0 Å². The zero-order valence-electron chi connectivity index (χ0n) is 10.3. The Morgan fingerprint density at radius 1 is 1.41 bits per heavy atom. The third-order valence-electron chi connectivity index (χ3n) is 4.01. The second-order valence-electron chi connectivity index (χ2n) is 5.40. The van der Waals surface area contributed by atoms with Gasteiger partial charge >= 0.3 is 5.97 Å². The summed E-state index contributed by atoms with van der Waals surface area (Å²) < 4.78 is 5.25. The molecule has 0 aromatic heterocycles. The Morgan fingerprint density at radius 2 is 2.06 bits per heavy atom. The van der Waals surface area contributed by atoms with E-state index in [0.717, 1.165) is 25.7 Å². The van der Waals surface area contributed by atoms with Gasteiger partial charge in [0.25, 0.3) is 0 Å². The Balaban J connectivity index is 1.94. The van der Waals surface area contributed by atoms with Crippen molar-refractivity contribution in [2.45, 2.75) is 37.3 Å². The van der Waals surface area contributed by atoms with Gasteiger partial charge in [-0.25, -0.2) is 0 Å². The van der Waals surface area contributed by atoms with Crippen LogP contribution in [0, 0.1) is 5.92 Å². The first-order chi connectivity index (χ1) is 8.02. The lowest BCUT2D eigenvalue weighted by Gasteiger charge is -2.33. The smallest absolute Gasteiger partial charge is 0.310 e. The Morgan fingerprint density at radius 3 is 2.65 bits per heavy atom. The summed E-state index contributed by atoms with van der Waals surface area (Å²) in [6, 6.07) is -0.114. The number of ether oxygens (including phenoxy) is 1. The molecule has 0 bridgehead atoms. The van der Waals surface area contributed by atoms with Crippen molar-refractivity contribution in [3.05, 3.63) is 0 Å². The Kier molecular flexibility index (Phi) is 3.70. The largest absolute Gasteiger partial charge is 0.481 e. The maximum atomic E-state index is 11.1. The van der Waals surface area contributed by atoms with Gasteiger partial charge in [-0.3, -0.25) is 9.69 Å². The van der Waals surface area contributed by atoms with Gasteiger partial charge in [0.1, 0.15) is 0 Å². The van der Waals surface area contributed by atoms with Crippen LogP contribution in [0.1, 0.15) is 25.7 Å². The van der Waals surface area contributed by atoms with Crippen LogP contribution in [0.4, 0.5) is 0 Å². The molecule has 2 fully saturated rings. The van der Waals surface area contributed by atoms with Crippen LogP contribution in [0.2, 0.25) is 0 Å². The lowest BCUT2D eigenvalue weighted by Crippen LogP contribution is -2.48. The number of aliphatic hydroxyl groups is 1. The second-order valence-corrected chi connectivity index (χ2v) is 5.40. The number of nitrogens with zero attached hydrogens (tertiary/aromatic N) is 1. The van der Waals surface area contributed by atoms with Gasteiger partial charge in [-0.05, 0) is 19.9 Å². The molecule has 2 atom stereocenters. The van der Waals surface area contributed by atoms with E-state index in [-0.39, 0.29) is 12.6 Å². The molecule has 1 aliphatic heterocycles. The molecule has 5 heteroatoms. The van der Waals surface area contributed by atoms with Crippen LogP contribution in [-0.2, 0) is 9.53 Å². The van der Waals surface area contributed by atoms with Crippen molar-refractivity contribution in [3.63, 3.8) is 0 Å². The Hall–Kier alpha value is -0.650. The van der Waals surface area contributed by atoms with E-state index in [1.807, 2.05) is 11.9 Å². The van der Waals surface area contributed by atoms with Crippen LogP contribution in [0.3, 0.4) is 0 Å². The normalized spacial score (nSPS) is 32.2. The highest BCUT2D eigenvalue weighted by molar-refractivity contribution is 5.71. The van der Waals surface area contributed by atoms with Gasteiger partial charge in [-0.1, -0.05) is 12.8 Å². The van der Waals surface area contributed by atoms with E-state index in [1.54, 1.807) is 0 Å². The van der Waals surface area contributed by atoms with Gasteiger partial charge < -0.3 is 14.9 Å². The number of carboxylic acid groups (broad SMARTS) is 1. The van der Waals surface area contributed by atoms with E-state index in [0.29, 0.717) is 13.2 Å². The van der Waals surface area contributed by atoms with Crippen molar-refractivity contribution in [2.24, 2.45) is 5.92 Å². The highest BCUT2D eigenvalue weighted by Crippen LogP contribution is 2.31. The summed E-state index contributed by atoms with van der Waals surface area (Å²) in [5, 5.41) is 19.4. The topological polar surface area (TPSA) is 70.0 Å². The summed E-state index contributed by atoms with van der Waals surface area (Å²) in [5.74, 6) is -1.28. The maximum Gasteiger partial charge on any atom is 0.310 e. The minimum Gasteiger partial charge on any atom is -0.481 e. The monoisotopic (exact) mass is 243 g/mol. The number of hydrogen-bond donors (Lipinski definition) is 2. The third-order valence-corrected chi connectivity index (χ3v) is 4.01. The molecule has 5 nitrogen and oxygen atoms in total. The molecule has 2 N–H and O–H groups in total. The van der Waals surface area contributed by atoms with Crippen molar-refractivity contribution >= 4 is 5.97 Å². The minimum atomic E-state index is -0.808. The number of carboxylic acids is 1. The molecular formula is C12H21NO4. The van der Waals surface area contributed by atoms with Gasteiger partial charge in [-0.2, -0.15) is 0 Å². The van der Waals surface area contributed by atoms with Crippen molar-refractivity contribution in [1.82, 2.24) is 4.90 Å². The summed E-state index contributed by atoms with van der Waals surface area (Å²) in [5.41, 5.74) is -0.625. The fourth-order valence-corrected chi connectivity index (χ4v) is 2.99. The Bertz CT molecular complexity index is 288. The number of rotatable bonds is 4. The fourth-order valence-electron chi connectivity index (χ4n) is 2.99. The van der Waals surface area contributed by atoms with E-state index < -0.39 is 17.5 Å². The first-order valence-corrected chi connectivity index (χ1v) is 6.25. The van der Waals surface area contributed by atoms with Crippen LogP contribution in [0.25, 0.3) is 0 Å². The van der Waals surface area contributed by atoms with Gasteiger partial charge in [0.2, 0.25) is 0 Å². The molecule has 0 amide bonds. The number of hydrogen-bond acceptors (Lipinski definition) is 4. The molecule has 1 aliphatic carbocycles. The van der Waals surface area contributed by atoms with Gasteiger partial charge in [0.15, 0.2) is 0 Å². The molecule has 17 heavy (non-hydrogen) atoms. The summed E-state index contributed by atoms with van der Waals surface area (Å²) >= 11 is 0. The van der Waals surface area contributed by atoms with Crippen LogP contribution < -0.4 is 0 Å². The molecule has 1 saturated carbocycles. The maximum absolute atomic E-state index is 11.1. The zero-order chi connectivity index (χ0) is 12.5.